The number of aliphatic hydroxyl groups excluding tert-OH is 1. The minimum atomic E-state index is -1.25. The number of esters is 2. The van der Waals surface area contributed by atoms with E-state index in [1.807, 2.05) is 0 Å². The number of hydrogen-bond donors (Lipinski definition) is 3. The van der Waals surface area contributed by atoms with Gasteiger partial charge in [0.25, 0.3) is 5.91 Å². The van der Waals surface area contributed by atoms with E-state index in [9.17, 15) is 19.5 Å². The number of nitrogen functional groups attached to an aromatic ring is 1. The lowest BCUT2D eigenvalue weighted by molar-refractivity contribution is -0.160. The lowest BCUT2D eigenvalue weighted by atomic mass is 9.92. The number of benzene rings is 1. The van der Waals surface area contributed by atoms with Crippen LogP contribution in [0.3, 0.4) is 0 Å². The minimum Gasteiger partial charge on any atom is -0.460 e. The zero-order valence-corrected chi connectivity index (χ0v) is 17.2. The van der Waals surface area contributed by atoms with E-state index in [1.165, 1.54) is 19.9 Å². The summed E-state index contributed by atoms with van der Waals surface area (Å²) in [4.78, 5) is 37.9. The van der Waals surface area contributed by atoms with E-state index >= 15 is 0 Å². The third-order valence-corrected chi connectivity index (χ3v) is 5.10. The normalized spacial score (nSPS) is 26.9. The molecule has 2 rings (SSSR count). The van der Waals surface area contributed by atoms with E-state index in [1.54, 1.807) is 18.2 Å². The van der Waals surface area contributed by atoms with Gasteiger partial charge in [0.15, 0.2) is 6.04 Å². The first kappa shape index (κ1) is 23.2. The maximum Gasteiger partial charge on any atom is 0.332 e. The molecule has 1 heterocycles. The largest absolute Gasteiger partial charge is 0.460 e. The summed E-state index contributed by atoms with van der Waals surface area (Å²) in [5, 5.41) is 13.1. The molecule has 5 atom stereocenters. The van der Waals surface area contributed by atoms with Gasteiger partial charge in [0.2, 0.25) is 0 Å². The van der Waals surface area contributed by atoms with Gasteiger partial charge in [-0.2, -0.15) is 0 Å². The molecule has 4 N–H and O–H groups in total. The SMILES string of the molecule is C#CCCCC[C@H]1C(=O)O[C@H](C)[C@H](NC(=O)c2ccccc2N)C(=O)O[C@@H](C)[C@@H]1O. The Balaban J connectivity index is 2.18. The molecular formula is C22H28N2O6. The summed E-state index contributed by atoms with van der Waals surface area (Å²) in [7, 11) is 0. The Morgan fingerprint density at radius 2 is 1.83 bits per heavy atom. The van der Waals surface area contributed by atoms with Crippen LogP contribution in [-0.2, 0) is 19.1 Å². The molecule has 8 nitrogen and oxygen atoms in total. The summed E-state index contributed by atoms with van der Waals surface area (Å²) in [6.45, 7) is 2.98. The van der Waals surface area contributed by atoms with E-state index in [0.29, 0.717) is 25.7 Å². The summed E-state index contributed by atoms with van der Waals surface area (Å²) in [5.41, 5.74) is 6.24. The van der Waals surface area contributed by atoms with Gasteiger partial charge in [0, 0.05) is 12.1 Å². The van der Waals surface area contributed by atoms with Crippen molar-refractivity contribution in [1.82, 2.24) is 5.32 Å². The molecule has 1 aromatic rings. The predicted octanol–water partition coefficient (Wildman–Crippen LogP) is 1.41. The number of para-hydroxylation sites is 1. The summed E-state index contributed by atoms with van der Waals surface area (Å²) >= 11 is 0. The molecular weight excluding hydrogens is 388 g/mol. The van der Waals surface area contributed by atoms with Crippen molar-refractivity contribution in [3.8, 4) is 12.3 Å². The van der Waals surface area contributed by atoms with Gasteiger partial charge in [-0.25, -0.2) is 4.79 Å². The third kappa shape index (κ3) is 5.74. The van der Waals surface area contributed by atoms with Gasteiger partial charge in [-0.3, -0.25) is 9.59 Å². The monoisotopic (exact) mass is 416 g/mol. The predicted molar refractivity (Wildman–Crippen MR) is 110 cm³/mol. The quantitative estimate of drug-likeness (QED) is 0.277. The van der Waals surface area contributed by atoms with E-state index in [-0.39, 0.29) is 11.3 Å². The maximum absolute atomic E-state index is 12.7. The van der Waals surface area contributed by atoms with Crippen molar-refractivity contribution in [3.05, 3.63) is 29.8 Å². The number of nitrogens with two attached hydrogens (primary N) is 1. The molecule has 1 saturated heterocycles. The molecule has 0 spiro atoms. The van der Waals surface area contributed by atoms with Crippen LogP contribution in [0.4, 0.5) is 5.69 Å². The molecule has 1 amide bonds. The molecule has 8 heteroatoms. The highest BCUT2D eigenvalue weighted by atomic mass is 16.6. The number of nitrogens with one attached hydrogen (secondary N) is 1. The second-order valence-electron chi connectivity index (χ2n) is 7.37. The topological polar surface area (TPSA) is 128 Å². The average Bonchev–Trinajstić information content (AvgIpc) is 2.72. The average molecular weight is 416 g/mol. The number of aliphatic hydroxyl groups is 1. The summed E-state index contributed by atoms with van der Waals surface area (Å²) in [6, 6.07) is 5.14. The Morgan fingerprint density at radius 1 is 1.17 bits per heavy atom. The highest BCUT2D eigenvalue weighted by Crippen LogP contribution is 2.24. The Morgan fingerprint density at radius 3 is 2.50 bits per heavy atom. The number of carbonyl (C=O) groups excluding carboxylic acids is 3. The Kier molecular flexibility index (Phi) is 8.25. The molecule has 30 heavy (non-hydrogen) atoms. The van der Waals surface area contributed by atoms with Gasteiger partial charge in [-0.15, -0.1) is 12.3 Å². The van der Waals surface area contributed by atoms with E-state index in [4.69, 9.17) is 21.6 Å². The Bertz CT molecular complexity index is 818. The molecule has 0 radical (unpaired) electrons. The van der Waals surface area contributed by atoms with Crippen molar-refractivity contribution in [1.29, 1.82) is 0 Å². The number of terminal acetylenes is 1. The number of rotatable bonds is 6. The third-order valence-electron chi connectivity index (χ3n) is 5.10. The van der Waals surface area contributed by atoms with Crippen LogP contribution in [0.5, 0.6) is 0 Å². The van der Waals surface area contributed by atoms with Gasteiger partial charge in [0.1, 0.15) is 18.3 Å². The van der Waals surface area contributed by atoms with Crippen molar-refractivity contribution in [2.24, 2.45) is 5.92 Å². The minimum absolute atomic E-state index is 0.183. The number of amides is 1. The second-order valence-corrected chi connectivity index (χ2v) is 7.37. The zero-order chi connectivity index (χ0) is 22.3. The van der Waals surface area contributed by atoms with E-state index in [0.717, 1.165) is 0 Å². The summed E-state index contributed by atoms with van der Waals surface area (Å²) in [6.07, 6.45) is 4.25. The second kappa shape index (κ2) is 10.6. The molecule has 0 aliphatic carbocycles. The van der Waals surface area contributed by atoms with Gasteiger partial charge in [-0.05, 0) is 38.8 Å². The van der Waals surface area contributed by atoms with Crippen LogP contribution in [0.25, 0.3) is 0 Å². The van der Waals surface area contributed by atoms with Crippen LogP contribution in [0.15, 0.2) is 24.3 Å². The first-order chi connectivity index (χ1) is 14.3. The molecule has 162 valence electrons. The van der Waals surface area contributed by atoms with Crippen molar-refractivity contribution in [2.75, 3.05) is 5.73 Å². The van der Waals surface area contributed by atoms with Crippen LogP contribution < -0.4 is 11.1 Å². The number of carbonyl (C=O) groups is 3. The van der Waals surface area contributed by atoms with Crippen molar-refractivity contribution >= 4 is 23.5 Å². The smallest absolute Gasteiger partial charge is 0.332 e. The number of ether oxygens (including phenoxy) is 2. The molecule has 0 saturated carbocycles. The maximum atomic E-state index is 12.7. The fraction of sp³-hybridized carbons (Fsp3) is 0.500. The lowest BCUT2D eigenvalue weighted by Crippen LogP contribution is -2.50. The molecule has 0 aromatic heterocycles. The fourth-order valence-corrected chi connectivity index (χ4v) is 3.30. The summed E-state index contributed by atoms with van der Waals surface area (Å²) < 4.78 is 10.8. The molecule has 1 aliphatic heterocycles. The van der Waals surface area contributed by atoms with Crippen LogP contribution in [-0.4, -0.2) is 47.3 Å². The first-order valence-electron chi connectivity index (χ1n) is 9.94. The number of unbranched alkanes of at least 4 members (excludes halogenated alkanes) is 2. The molecule has 1 aliphatic rings. The lowest BCUT2D eigenvalue weighted by Gasteiger charge is -2.24. The van der Waals surface area contributed by atoms with Crippen molar-refractivity contribution < 1.29 is 29.0 Å². The van der Waals surface area contributed by atoms with Gasteiger partial charge >= 0.3 is 11.9 Å². The standard InChI is InChI=1S/C22H28N2O6/c1-4-5-6-7-11-16-19(25)14(3)30-22(28)18(13(2)29-21(16)27)24-20(26)15-10-8-9-12-17(15)23/h1,8-10,12-14,16,18-19,25H,5-7,11,23H2,2-3H3,(H,24,26)/t13-,14+,16-,18+,19+/m1/s1. The number of cyclic esters (lactones) is 2. The molecule has 1 aromatic carbocycles. The van der Waals surface area contributed by atoms with Crippen LogP contribution >= 0.6 is 0 Å². The van der Waals surface area contributed by atoms with Crippen LogP contribution in [0.2, 0.25) is 0 Å². The van der Waals surface area contributed by atoms with Crippen LogP contribution in [0.1, 0.15) is 49.9 Å². The van der Waals surface area contributed by atoms with Gasteiger partial charge in [0.05, 0.1) is 11.5 Å². The number of anilines is 1. The number of hydrogen-bond acceptors (Lipinski definition) is 7. The first-order valence-corrected chi connectivity index (χ1v) is 9.94. The molecule has 0 bridgehead atoms. The molecule has 1 fully saturated rings. The van der Waals surface area contributed by atoms with Crippen molar-refractivity contribution in [2.45, 2.75) is 63.9 Å². The van der Waals surface area contributed by atoms with Gasteiger partial charge < -0.3 is 25.6 Å². The fourth-order valence-electron chi connectivity index (χ4n) is 3.30. The van der Waals surface area contributed by atoms with Gasteiger partial charge in [-0.1, -0.05) is 18.6 Å². The highest BCUT2D eigenvalue weighted by molar-refractivity contribution is 6.01. The Labute approximate surface area is 176 Å². The highest BCUT2D eigenvalue weighted by Gasteiger charge is 2.41. The van der Waals surface area contributed by atoms with E-state index in [2.05, 4.69) is 11.2 Å². The molecule has 0 unspecified atom stereocenters. The van der Waals surface area contributed by atoms with Crippen molar-refractivity contribution in [3.63, 3.8) is 0 Å². The van der Waals surface area contributed by atoms with E-state index < -0.39 is 48.1 Å². The zero-order valence-electron chi connectivity index (χ0n) is 17.2. The Hall–Kier alpha value is -3.05. The summed E-state index contributed by atoms with van der Waals surface area (Å²) in [5.74, 6) is -0.404. The van der Waals surface area contributed by atoms with Crippen LogP contribution in [0, 0.1) is 18.3 Å².